The van der Waals surface area contributed by atoms with Gasteiger partial charge in [-0.25, -0.2) is 17.9 Å². The first-order chi connectivity index (χ1) is 15.4. The normalized spacial score (nSPS) is 12.5. The molecule has 164 valence electrons. The Labute approximate surface area is 189 Å². The summed E-state index contributed by atoms with van der Waals surface area (Å²) in [6, 6.07) is 23.2. The Morgan fingerprint density at radius 1 is 0.906 bits per heavy atom. The quantitative estimate of drug-likeness (QED) is 0.416. The second kappa shape index (κ2) is 9.47. The van der Waals surface area contributed by atoms with Gasteiger partial charge in [-0.15, -0.1) is 11.3 Å². The van der Waals surface area contributed by atoms with E-state index in [-0.39, 0.29) is 10.8 Å². The molecule has 4 aromatic rings. The highest BCUT2D eigenvalue weighted by Gasteiger charge is 2.23. The van der Waals surface area contributed by atoms with E-state index in [0.717, 1.165) is 22.5 Å². The molecular weight excluding hydrogens is 446 g/mol. The molecule has 0 radical (unpaired) electrons. The number of sulfonamides is 1. The molecule has 7 nitrogen and oxygen atoms in total. The van der Waals surface area contributed by atoms with Gasteiger partial charge in [0.15, 0.2) is 0 Å². The molecule has 0 aliphatic rings. The Kier molecular flexibility index (Phi) is 6.50. The van der Waals surface area contributed by atoms with Gasteiger partial charge in [0, 0.05) is 17.1 Å². The molecule has 1 atom stereocenters. The van der Waals surface area contributed by atoms with Crippen LogP contribution in [0.3, 0.4) is 0 Å². The van der Waals surface area contributed by atoms with Gasteiger partial charge < -0.3 is 0 Å². The first-order valence-electron chi connectivity index (χ1n) is 9.90. The summed E-state index contributed by atoms with van der Waals surface area (Å²) in [7, 11) is -3.79. The maximum atomic E-state index is 13.2. The number of thiophene rings is 1. The first kappa shape index (κ1) is 21.9. The lowest BCUT2D eigenvalue weighted by molar-refractivity contribution is 0.557. The molecule has 2 N–H and O–H groups in total. The van der Waals surface area contributed by atoms with Gasteiger partial charge in [0.2, 0.25) is 0 Å². The Morgan fingerprint density at radius 3 is 2.28 bits per heavy atom. The zero-order valence-electron chi connectivity index (χ0n) is 17.0. The number of benzene rings is 2. The summed E-state index contributed by atoms with van der Waals surface area (Å²) < 4.78 is 30.7. The van der Waals surface area contributed by atoms with E-state index >= 15 is 0 Å². The van der Waals surface area contributed by atoms with Gasteiger partial charge in [0.1, 0.15) is 4.21 Å². The number of nitrogens with one attached hydrogen (secondary N) is 2. The van der Waals surface area contributed by atoms with Crippen molar-refractivity contribution in [2.45, 2.75) is 23.2 Å². The number of rotatable bonds is 8. The van der Waals surface area contributed by atoms with Crippen molar-refractivity contribution in [3.8, 4) is 0 Å². The average molecular weight is 468 g/mol. The van der Waals surface area contributed by atoms with E-state index in [9.17, 15) is 18.0 Å². The fourth-order valence-electron chi connectivity index (χ4n) is 3.33. The molecule has 0 aliphatic carbocycles. The highest BCUT2D eigenvalue weighted by atomic mass is 32.2. The summed E-state index contributed by atoms with van der Waals surface area (Å²) >= 11 is 1.09. The zero-order chi connectivity index (χ0) is 22.6. The van der Waals surface area contributed by atoms with Crippen LogP contribution in [0.2, 0.25) is 0 Å². The van der Waals surface area contributed by atoms with Gasteiger partial charge in [-0.1, -0.05) is 60.7 Å². The number of hydrogen-bond donors (Lipinski definition) is 2. The third-order valence-corrected chi connectivity index (χ3v) is 7.94. The summed E-state index contributed by atoms with van der Waals surface area (Å²) in [6.45, 7) is 0.169. The number of hydrogen-bond acceptors (Lipinski definition) is 5. The summed E-state index contributed by atoms with van der Waals surface area (Å²) in [4.78, 5) is 26.0. The SMILES string of the molecule is O=c1ccn(Cc2ccc(S(=O)(=O)NC(Cc3ccccc3)c3ccccc3)s2)c(=O)[nH]1. The molecule has 2 aromatic heterocycles. The molecule has 0 bridgehead atoms. The molecule has 2 heterocycles. The van der Waals surface area contributed by atoms with Gasteiger partial charge in [-0.2, -0.15) is 0 Å². The van der Waals surface area contributed by atoms with Crippen molar-refractivity contribution >= 4 is 21.4 Å². The zero-order valence-corrected chi connectivity index (χ0v) is 18.6. The molecule has 0 spiro atoms. The highest BCUT2D eigenvalue weighted by molar-refractivity contribution is 7.91. The average Bonchev–Trinajstić information content (AvgIpc) is 3.26. The lowest BCUT2D eigenvalue weighted by Gasteiger charge is -2.19. The number of nitrogens with zero attached hydrogens (tertiary/aromatic N) is 1. The Hall–Kier alpha value is -3.27. The van der Waals surface area contributed by atoms with Gasteiger partial charge >= 0.3 is 5.69 Å². The lowest BCUT2D eigenvalue weighted by Crippen LogP contribution is -2.29. The van der Waals surface area contributed by atoms with E-state index in [1.807, 2.05) is 60.7 Å². The van der Waals surface area contributed by atoms with Crippen molar-refractivity contribution in [1.82, 2.24) is 14.3 Å². The third-order valence-electron chi connectivity index (χ3n) is 4.91. The van der Waals surface area contributed by atoms with Crippen molar-refractivity contribution < 1.29 is 8.42 Å². The Bertz CT molecular complexity index is 1410. The fraction of sp³-hybridized carbons (Fsp3) is 0.130. The third kappa shape index (κ3) is 5.31. The monoisotopic (exact) mass is 467 g/mol. The molecule has 4 rings (SSSR count). The lowest BCUT2D eigenvalue weighted by atomic mass is 10.00. The van der Waals surface area contributed by atoms with Crippen LogP contribution < -0.4 is 16.0 Å². The van der Waals surface area contributed by atoms with Crippen LogP contribution in [0.5, 0.6) is 0 Å². The van der Waals surface area contributed by atoms with Crippen molar-refractivity contribution in [3.63, 3.8) is 0 Å². The van der Waals surface area contributed by atoms with E-state index in [1.54, 1.807) is 6.07 Å². The minimum Gasteiger partial charge on any atom is -0.295 e. The highest BCUT2D eigenvalue weighted by Crippen LogP contribution is 2.26. The maximum Gasteiger partial charge on any atom is 0.328 e. The molecule has 9 heteroatoms. The van der Waals surface area contributed by atoms with Crippen LogP contribution >= 0.6 is 11.3 Å². The minimum absolute atomic E-state index is 0.166. The van der Waals surface area contributed by atoms with Crippen LogP contribution in [-0.2, 0) is 23.0 Å². The van der Waals surface area contributed by atoms with E-state index in [4.69, 9.17) is 0 Å². The smallest absolute Gasteiger partial charge is 0.295 e. The van der Waals surface area contributed by atoms with Crippen molar-refractivity contribution in [2.75, 3.05) is 0 Å². The molecule has 0 saturated carbocycles. The van der Waals surface area contributed by atoms with E-state index in [1.165, 1.54) is 22.9 Å². The standard InChI is InChI=1S/C23H21N3O4S2/c27-21-13-14-26(23(28)24-21)16-19-11-12-22(31-19)32(29,30)25-20(18-9-5-2-6-10-18)15-17-7-3-1-4-8-17/h1-14,20,25H,15-16H2,(H,24,27,28). The predicted molar refractivity (Wildman–Crippen MR) is 124 cm³/mol. The number of aromatic amines is 1. The van der Waals surface area contributed by atoms with Crippen molar-refractivity contribution in [1.29, 1.82) is 0 Å². The molecule has 2 aromatic carbocycles. The minimum atomic E-state index is -3.79. The van der Waals surface area contributed by atoms with E-state index < -0.39 is 27.3 Å². The van der Waals surface area contributed by atoms with Crippen molar-refractivity contribution in [3.05, 3.63) is 122 Å². The second-order valence-corrected chi connectivity index (χ2v) is 10.3. The van der Waals surface area contributed by atoms with Gasteiger partial charge in [-0.3, -0.25) is 14.3 Å². The topological polar surface area (TPSA) is 101 Å². The fourth-order valence-corrected chi connectivity index (χ4v) is 5.93. The summed E-state index contributed by atoms with van der Waals surface area (Å²) in [5.74, 6) is 0. The Balaban J connectivity index is 1.57. The van der Waals surface area contributed by atoms with Gasteiger partial charge in [0.05, 0.1) is 12.6 Å². The predicted octanol–water partition coefficient (Wildman–Crippen LogP) is 2.91. The Morgan fingerprint density at radius 2 is 1.59 bits per heavy atom. The van der Waals surface area contributed by atoms with Crippen molar-refractivity contribution in [2.24, 2.45) is 0 Å². The first-order valence-corrected chi connectivity index (χ1v) is 12.2. The molecule has 0 saturated heterocycles. The van der Waals surface area contributed by atoms with Crippen LogP contribution in [0.4, 0.5) is 0 Å². The second-order valence-electron chi connectivity index (χ2n) is 7.23. The van der Waals surface area contributed by atoms with Crippen LogP contribution in [0.15, 0.2) is 98.9 Å². The molecule has 32 heavy (non-hydrogen) atoms. The van der Waals surface area contributed by atoms with Crippen LogP contribution in [0.25, 0.3) is 0 Å². The molecule has 1 unspecified atom stereocenters. The molecule has 0 amide bonds. The van der Waals surface area contributed by atoms with Crippen LogP contribution in [0, 0.1) is 0 Å². The van der Waals surface area contributed by atoms with E-state index in [2.05, 4.69) is 9.71 Å². The van der Waals surface area contributed by atoms with Crippen LogP contribution in [-0.4, -0.2) is 18.0 Å². The molecule has 0 fully saturated rings. The number of aromatic nitrogens is 2. The largest absolute Gasteiger partial charge is 0.328 e. The summed E-state index contributed by atoms with van der Waals surface area (Å²) in [6.07, 6.45) is 1.90. The number of H-pyrrole nitrogens is 1. The summed E-state index contributed by atoms with van der Waals surface area (Å²) in [5, 5.41) is 0. The van der Waals surface area contributed by atoms with E-state index in [0.29, 0.717) is 11.3 Å². The summed E-state index contributed by atoms with van der Waals surface area (Å²) in [5.41, 5.74) is 0.876. The molecular formula is C23H21N3O4S2. The van der Waals surface area contributed by atoms with Gasteiger partial charge in [0.25, 0.3) is 15.6 Å². The maximum absolute atomic E-state index is 13.2. The van der Waals surface area contributed by atoms with Gasteiger partial charge in [-0.05, 0) is 29.7 Å². The van der Waals surface area contributed by atoms with Crippen LogP contribution in [0.1, 0.15) is 22.0 Å². The molecule has 0 aliphatic heterocycles.